The second-order valence-corrected chi connectivity index (χ2v) is 4.66. The average molecular weight is 292 g/mol. The molecule has 0 unspecified atom stereocenters. The first-order chi connectivity index (χ1) is 9.56. The number of hydrogen-bond acceptors (Lipinski definition) is 2. The Morgan fingerprint density at radius 1 is 1.25 bits per heavy atom. The van der Waals surface area contributed by atoms with E-state index in [0.29, 0.717) is 0 Å². The molecule has 0 fully saturated rings. The first-order valence-corrected chi connectivity index (χ1v) is 6.28. The molecular weight excluding hydrogens is 281 g/mol. The zero-order valence-corrected chi connectivity index (χ0v) is 11.2. The van der Waals surface area contributed by atoms with Crippen LogP contribution in [-0.2, 0) is 6.42 Å². The van der Waals surface area contributed by atoms with Crippen molar-refractivity contribution < 1.29 is 9.31 Å². The number of nitrogens with zero attached hydrogens (tertiary/aromatic N) is 1. The van der Waals surface area contributed by atoms with E-state index in [4.69, 9.17) is 11.6 Å². The van der Waals surface area contributed by atoms with Crippen LogP contribution in [0.3, 0.4) is 0 Å². The molecule has 5 heteroatoms. The Morgan fingerprint density at radius 2 is 1.95 bits per heavy atom. The zero-order valence-electron chi connectivity index (χ0n) is 10.4. The first kappa shape index (κ1) is 14.2. The van der Waals surface area contributed by atoms with Crippen LogP contribution in [0.4, 0.5) is 4.39 Å². The fourth-order valence-corrected chi connectivity index (χ4v) is 1.93. The number of rotatable bonds is 4. The Bertz CT molecular complexity index is 656. The third-order valence-electron chi connectivity index (χ3n) is 2.75. The molecule has 20 heavy (non-hydrogen) atoms. The van der Waals surface area contributed by atoms with E-state index in [1.165, 1.54) is 18.2 Å². The van der Waals surface area contributed by atoms with Crippen LogP contribution in [0.25, 0.3) is 6.08 Å². The monoisotopic (exact) mass is 291 g/mol. The highest BCUT2D eigenvalue weighted by atomic mass is 35.5. The van der Waals surface area contributed by atoms with Crippen molar-refractivity contribution in [1.29, 1.82) is 0 Å². The van der Waals surface area contributed by atoms with E-state index < -0.39 is 10.7 Å². The van der Waals surface area contributed by atoms with Crippen LogP contribution in [-0.4, -0.2) is 4.92 Å². The highest BCUT2D eigenvalue weighted by molar-refractivity contribution is 6.30. The molecule has 2 rings (SSSR count). The number of nitro groups is 1. The highest BCUT2D eigenvalue weighted by Gasteiger charge is 2.13. The van der Waals surface area contributed by atoms with E-state index in [2.05, 4.69) is 0 Å². The first-order valence-electron chi connectivity index (χ1n) is 5.90. The van der Waals surface area contributed by atoms with Crippen LogP contribution in [0.5, 0.6) is 0 Å². The third-order valence-corrected chi connectivity index (χ3v) is 2.98. The van der Waals surface area contributed by atoms with Gasteiger partial charge in [0.25, 0.3) is 5.70 Å². The van der Waals surface area contributed by atoms with Gasteiger partial charge in [0.05, 0.1) is 11.3 Å². The van der Waals surface area contributed by atoms with Gasteiger partial charge in [-0.25, -0.2) is 4.39 Å². The molecule has 0 spiro atoms. The number of halogens is 2. The molecule has 0 aliphatic rings. The van der Waals surface area contributed by atoms with Crippen molar-refractivity contribution in [2.45, 2.75) is 6.42 Å². The van der Waals surface area contributed by atoms with E-state index in [0.717, 1.165) is 11.6 Å². The number of allylic oxidation sites excluding steroid dienone is 1. The SMILES string of the molecule is O=[N+]([O-])/C(=C/c1ccc(Cl)cc1F)Cc1ccccc1. The molecular formula is C15H11ClFNO2. The predicted octanol–water partition coefficient (Wildman–Crippen LogP) is 4.34. The summed E-state index contributed by atoms with van der Waals surface area (Å²) in [4.78, 5) is 10.6. The van der Waals surface area contributed by atoms with Gasteiger partial charge in [-0.15, -0.1) is 0 Å². The lowest BCUT2D eigenvalue weighted by Gasteiger charge is -2.01. The quantitative estimate of drug-likeness (QED) is 0.621. The number of hydrogen-bond donors (Lipinski definition) is 0. The minimum absolute atomic E-state index is 0.0718. The topological polar surface area (TPSA) is 43.1 Å². The minimum Gasteiger partial charge on any atom is -0.259 e. The maximum absolute atomic E-state index is 13.7. The summed E-state index contributed by atoms with van der Waals surface area (Å²) in [7, 11) is 0. The molecule has 0 aliphatic carbocycles. The van der Waals surface area contributed by atoms with Gasteiger partial charge in [0.2, 0.25) is 0 Å². The van der Waals surface area contributed by atoms with E-state index in [1.54, 1.807) is 24.3 Å². The smallest absolute Gasteiger partial charge is 0.251 e. The maximum Gasteiger partial charge on any atom is 0.251 e. The lowest BCUT2D eigenvalue weighted by atomic mass is 10.1. The summed E-state index contributed by atoms with van der Waals surface area (Å²) in [6, 6.07) is 13.1. The second kappa shape index (κ2) is 6.30. The van der Waals surface area contributed by atoms with Crippen LogP contribution in [0.15, 0.2) is 54.2 Å². The molecule has 3 nitrogen and oxygen atoms in total. The predicted molar refractivity (Wildman–Crippen MR) is 76.5 cm³/mol. The van der Waals surface area contributed by atoms with Gasteiger partial charge in [0.15, 0.2) is 0 Å². The lowest BCUT2D eigenvalue weighted by Crippen LogP contribution is -2.02. The van der Waals surface area contributed by atoms with Crippen LogP contribution < -0.4 is 0 Å². The summed E-state index contributed by atoms with van der Waals surface area (Å²) in [5.74, 6) is -0.579. The molecule has 2 aromatic carbocycles. The summed E-state index contributed by atoms with van der Waals surface area (Å²) in [6.07, 6.45) is 1.37. The van der Waals surface area contributed by atoms with Gasteiger partial charge >= 0.3 is 0 Å². The largest absolute Gasteiger partial charge is 0.259 e. The Balaban J connectivity index is 2.33. The summed E-state index contributed by atoms with van der Waals surface area (Å²) in [6.45, 7) is 0. The minimum atomic E-state index is -0.579. The van der Waals surface area contributed by atoms with E-state index >= 15 is 0 Å². The van der Waals surface area contributed by atoms with Crippen molar-refractivity contribution in [2.75, 3.05) is 0 Å². The Morgan fingerprint density at radius 3 is 2.55 bits per heavy atom. The van der Waals surface area contributed by atoms with Crippen molar-refractivity contribution in [3.8, 4) is 0 Å². The van der Waals surface area contributed by atoms with Crippen molar-refractivity contribution in [3.63, 3.8) is 0 Å². The van der Waals surface area contributed by atoms with E-state index in [9.17, 15) is 14.5 Å². The van der Waals surface area contributed by atoms with Crippen LogP contribution in [0, 0.1) is 15.9 Å². The van der Waals surface area contributed by atoms with Crippen LogP contribution >= 0.6 is 11.6 Å². The molecule has 0 aliphatic heterocycles. The van der Waals surface area contributed by atoms with E-state index in [1.807, 2.05) is 6.07 Å². The van der Waals surface area contributed by atoms with Crippen molar-refractivity contribution >= 4 is 17.7 Å². The highest BCUT2D eigenvalue weighted by Crippen LogP contribution is 2.19. The molecule has 0 heterocycles. The Kier molecular flexibility index (Phi) is 4.48. The third kappa shape index (κ3) is 3.65. The molecule has 0 amide bonds. The fourth-order valence-electron chi connectivity index (χ4n) is 1.77. The fraction of sp³-hybridized carbons (Fsp3) is 0.0667. The van der Waals surface area contributed by atoms with Crippen LogP contribution in [0.2, 0.25) is 5.02 Å². The van der Waals surface area contributed by atoms with Crippen molar-refractivity contribution in [1.82, 2.24) is 0 Å². The van der Waals surface area contributed by atoms with Gasteiger partial charge in [0.1, 0.15) is 5.82 Å². The molecule has 0 radical (unpaired) electrons. The Hall–Kier alpha value is -2.20. The molecule has 0 saturated carbocycles. The molecule has 0 N–H and O–H groups in total. The number of benzene rings is 2. The Labute approximate surface area is 120 Å². The van der Waals surface area contributed by atoms with Gasteiger partial charge in [-0.2, -0.15) is 0 Å². The normalized spacial score (nSPS) is 11.4. The molecule has 102 valence electrons. The summed E-state index contributed by atoms with van der Waals surface area (Å²) in [5.41, 5.74) is 0.874. The van der Waals surface area contributed by atoms with Gasteiger partial charge in [0, 0.05) is 16.7 Å². The standard InChI is InChI=1S/C15H11ClFNO2/c16-13-7-6-12(15(17)10-13)9-14(18(19)20)8-11-4-2-1-3-5-11/h1-7,9-10H,8H2/b14-9+. The summed E-state index contributed by atoms with van der Waals surface area (Å²) < 4.78 is 13.7. The summed E-state index contributed by atoms with van der Waals surface area (Å²) >= 11 is 5.65. The molecule has 0 saturated heterocycles. The molecule has 0 aromatic heterocycles. The van der Waals surface area contributed by atoms with Crippen molar-refractivity contribution in [2.24, 2.45) is 0 Å². The summed E-state index contributed by atoms with van der Waals surface area (Å²) in [5, 5.41) is 11.3. The van der Waals surface area contributed by atoms with Gasteiger partial charge in [-0.05, 0) is 17.7 Å². The van der Waals surface area contributed by atoms with Gasteiger partial charge in [-0.1, -0.05) is 48.0 Å². The molecule has 2 aromatic rings. The lowest BCUT2D eigenvalue weighted by molar-refractivity contribution is -0.425. The zero-order chi connectivity index (χ0) is 14.5. The van der Waals surface area contributed by atoms with Gasteiger partial charge < -0.3 is 0 Å². The maximum atomic E-state index is 13.7. The molecule has 0 bridgehead atoms. The van der Waals surface area contributed by atoms with Crippen LogP contribution in [0.1, 0.15) is 11.1 Å². The molecule has 0 atom stereocenters. The second-order valence-electron chi connectivity index (χ2n) is 4.22. The van der Waals surface area contributed by atoms with Crippen molar-refractivity contribution in [3.05, 3.63) is 86.3 Å². The van der Waals surface area contributed by atoms with Gasteiger partial charge in [-0.3, -0.25) is 10.1 Å². The van der Waals surface area contributed by atoms with E-state index in [-0.39, 0.29) is 22.7 Å². The average Bonchev–Trinajstić information content (AvgIpc) is 2.42.